The summed E-state index contributed by atoms with van der Waals surface area (Å²) in [5, 5.41) is 10.8. The summed E-state index contributed by atoms with van der Waals surface area (Å²) in [6.07, 6.45) is 0. The molecular formula is C20H21N3O4S. The van der Waals surface area contributed by atoms with Crippen molar-refractivity contribution in [1.82, 2.24) is 10.2 Å². The molecule has 0 fully saturated rings. The van der Waals surface area contributed by atoms with Crippen LogP contribution in [0.5, 0.6) is 11.5 Å². The standard InChI is InChI=1S/C20H21N3O4S/c1-12-5-7-14(8-6-12)19-22-23-20(27-19)28-13(2)18(24)21-15-9-10-16(25-3)17(11-15)26-4/h5-11,13H,1-4H3,(H,21,24)/t13-/m1/s1. The highest BCUT2D eigenvalue weighted by Crippen LogP contribution is 2.31. The van der Waals surface area contributed by atoms with Crippen LogP contribution >= 0.6 is 11.8 Å². The van der Waals surface area contributed by atoms with Crippen molar-refractivity contribution in [1.29, 1.82) is 0 Å². The number of rotatable bonds is 7. The summed E-state index contributed by atoms with van der Waals surface area (Å²) in [4.78, 5) is 12.5. The van der Waals surface area contributed by atoms with Crippen molar-refractivity contribution in [2.75, 3.05) is 19.5 Å². The number of anilines is 1. The molecule has 7 nitrogen and oxygen atoms in total. The molecule has 0 radical (unpaired) electrons. The Kier molecular flexibility index (Phi) is 6.20. The van der Waals surface area contributed by atoms with Crippen LogP contribution in [0.25, 0.3) is 11.5 Å². The molecule has 3 aromatic rings. The summed E-state index contributed by atoms with van der Waals surface area (Å²) < 4.78 is 16.1. The lowest BCUT2D eigenvalue weighted by molar-refractivity contribution is -0.115. The number of aryl methyl sites for hydroxylation is 1. The number of hydrogen-bond acceptors (Lipinski definition) is 7. The highest BCUT2D eigenvalue weighted by atomic mass is 32.2. The van der Waals surface area contributed by atoms with Gasteiger partial charge in [-0.1, -0.05) is 29.5 Å². The van der Waals surface area contributed by atoms with Crippen LogP contribution < -0.4 is 14.8 Å². The number of amides is 1. The van der Waals surface area contributed by atoms with Crippen LogP contribution in [0.3, 0.4) is 0 Å². The molecule has 146 valence electrons. The lowest BCUT2D eigenvalue weighted by Gasteiger charge is -2.12. The molecular weight excluding hydrogens is 378 g/mol. The molecule has 0 saturated carbocycles. The minimum atomic E-state index is -0.431. The molecule has 0 aliphatic rings. The van der Waals surface area contributed by atoms with E-state index in [9.17, 15) is 4.79 Å². The number of methoxy groups -OCH3 is 2. The topological polar surface area (TPSA) is 86.5 Å². The number of hydrogen-bond donors (Lipinski definition) is 1. The Labute approximate surface area is 167 Å². The highest BCUT2D eigenvalue weighted by molar-refractivity contribution is 8.00. The number of benzene rings is 2. The molecule has 0 bridgehead atoms. The number of carbonyl (C=O) groups excluding carboxylic acids is 1. The van der Waals surface area contributed by atoms with E-state index in [1.165, 1.54) is 11.8 Å². The molecule has 1 atom stereocenters. The van der Waals surface area contributed by atoms with Gasteiger partial charge in [-0.25, -0.2) is 0 Å². The first kappa shape index (κ1) is 19.8. The average Bonchev–Trinajstić information content (AvgIpc) is 3.16. The summed E-state index contributed by atoms with van der Waals surface area (Å²) in [5.41, 5.74) is 2.60. The molecule has 2 aromatic carbocycles. The Morgan fingerprint density at radius 1 is 1.07 bits per heavy atom. The molecule has 0 spiro atoms. The number of carbonyl (C=O) groups is 1. The minimum Gasteiger partial charge on any atom is -0.493 e. The van der Waals surface area contributed by atoms with E-state index < -0.39 is 5.25 Å². The lowest BCUT2D eigenvalue weighted by Crippen LogP contribution is -2.22. The maximum atomic E-state index is 12.5. The normalized spacial score (nSPS) is 11.7. The summed E-state index contributed by atoms with van der Waals surface area (Å²) >= 11 is 1.20. The van der Waals surface area contributed by atoms with Crippen molar-refractivity contribution in [2.24, 2.45) is 0 Å². The number of nitrogens with one attached hydrogen (secondary N) is 1. The summed E-state index contributed by atoms with van der Waals surface area (Å²) in [7, 11) is 3.10. The van der Waals surface area contributed by atoms with E-state index in [0.717, 1.165) is 11.1 Å². The minimum absolute atomic E-state index is 0.188. The Balaban J connectivity index is 1.64. The second kappa shape index (κ2) is 8.79. The van der Waals surface area contributed by atoms with E-state index >= 15 is 0 Å². The van der Waals surface area contributed by atoms with Crippen molar-refractivity contribution < 1.29 is 18.7 Å². The third-order valence-electron chi connectivity index (χ3n) is 4.00. The third-order valence-corrected chi connectivity index (χ3v) is 4.94. The van der Waals surface area contributed by atoms with E-state index in [2.05, 4.69) is 15.5 Å². The van der Waals surface area contributed by atoms with Gasteiger partial charge < -0.3 is 19.2 Å². The van der Waals surface area contributed by atoms with Crippen molar-refractivity contribution in [3.63, 3.8) is 0 Å². The number of thioether (sulfide) groups is 1. The number of aromatic nitrogens is 2. The van der Waals surface area contributed by atoms with Crippen LogP contribution in [0.15, 0.2) is 52.1 Å². The van der Waals surface area contributed by atoms with E-state index in [4.69, 9.17) is 13.9 Å². The zero-order valence-corrected chi connectivity index (χ0v) is 16.9. The van der Waals surface area contributed by atoms with Crippen LogP contribution in [0, 0.1) is 6.92 Å². The van der Waals surface area contributed by atoms with Gasteiger partial charge in [0.05, 0.1) is 19.5 Å². The van der Waals surface area contributed by atoms with Crippen molar-refractivity contribution in [3.05, 3.63) is 48.0 Å². The van der Waals surface area contributed by atoms with Crippen LogP contribution in [0.2, 0.25) is 0 Å². The molecule has 28 heavy (non-hydrogen) atoms. The molecule has 0 saturated heterocycles. The molecule has 0 aliphatic heterocycles. The van der Waals surface area contributed by atoms with Gasteiger partial charge in [-0.05, 0) is 38.1 Å². The van der Waals surface area contributed by atoms with Gasteiger partial charge >= 0.3 is 0 Å². The van der Waals surface area contributed by atoms with Gasteiger partial charge in [0.15, 0.2) is 11.5 Å². The fourth-order valence-electron chi connectivity index (χ4n) is 2.43. The van der Waals surface area contributed by atoms with Crippen LogP contribution in [-0.4, -0.2) is 35.6 Å². The SMILES string of the molecule is COc1ccc(NC(=O)[C@@H](C)Sc2nnc(-c3ccc(C)cc3)o2)cc1OC. The number of ether oxygens (including phenoxy) is 2. The van der Waals surface area contributed by atoms with Gasteiger partial charge in [-0.3, -0.25) is 4.79 Å². The molecule has 1 aromatic heterocycles. The van der Waals surface area contributed by atoms with Crippen LogP contribution in [0.1, 0.15) is 12.5 Å². The Morgan fingerprint density at radius 3 is 2.46 bits per heavy atom. The average molecular weight is 399 g/mol. The van der Waals surface area contributed by atoms with Crippen molar-refractivity contribution in [3.8, 4) is 23.0 Å². The van der Waals surface area contributed by atoms with E-state index in [1.54, 1.807) is 39.3 Å². The quantitative estimate of drug-likeness (QED) is 0.596. The predicted octanol–water partition coefficient (Wildman–Crippen LogP) is 4.18. The van der Waals surface area contributed by atoms with Crippen LogP contribution in [0.4, 0.5) is 5.69 Å². The zero-order valence-electron chi connectivity index (χ0n) is 16.1. The van der Waals surface area contributed by atoms with E-state index in [-0.39, 0.29) is 5.91 Å². The van der Waals surface area contributed by atoms with Crippen molar-refractivity contribution >= 4 is 23.4 Å². The Bertz CT molecular complexity index is 956. The van der Waals surface area contributed by atoms with Gasteiger partial charge in [0.2, 0.25) is 11.8 Å². The maximum absolute atomic E-state index is 12.5. The number of nitrogens with zero attached hydrogens (tertiary/aromatic N) is 2. The van der Waals surface area contributed by atoms with Gasteiger partial charge in [-0.15, -0.1) is 10.2 Å². The Morgan fingerprint density at radius 2 is 1.79 bits per heavy atom. The van der Waals surface area contributed by atoms with Gasteiger partial charge in [0, 0.05) is 17.3 Å². The Hall–Kier alpha value is -3.00. The highest BCUT2D eigenvalue weighted by Gasteiger charge is 2.19. The summed E-state index contributed by atoms with van der Waals surface area (Å²) in [6.45, 7) is 3.79. The summed E-state index contributed by atoms with van der Waals surface area (Å²) in [5.74, 6) is 1.37. The third kappa shape index (κ3) is 4.64. The smallest absolute Gasteiger partial charge is 0.277 e. The monoisotopic (exact) mass is 399 g/mol. The van der Waals surface area contributed by atoms with Gasteiger partial charge in [0.1, 0.15) is 0 Å². The molecule has 0 unspecified atom stereocenters. The first-order chi connectivity index (χ1) is 13.5. The molecule has 1 amide bonds. The second-order valence-corrected chi connectivity index (χ2v) is 7.35. The van der Waals surface area contributed by atoms with Crippen LogP contribution in [-0.2, 0) is 4.79 Å². The summed E-state index contributed by atoms with van der Waals surface area (Å²) in [6, 6.07) is 13.0. The maximum Gasteiger partial charge on any atom is 0.277 e. The van der Waals surface area contributed by atoms with E-state index in [0.29, 0.717) is 28.3 Å². The zero-order chi connectivity index (χ0) is 20.1. The van der Waals surface area contributed by atoms with E-state index in [1.807, 2.05) is 31.2 Å². The first-order valence-corrected chi connectivity index (χ1v) is 9.48. The van der Waals surface area contributed by atoms with Gasteiger partial charge in [0.25, 0.3) is 5.22 Å². The van der Waals surface area contributed by atoms with Gasteiger partial charge in [-0.2, -0.15) is 0 Å². The molecule has 3 rings (SSSR count). The van der Waals surface area contributed by atoms with Crippen molar-refractivity contribution in [2.45, 2.75) is 24.3 Å². The molecule has 1 heterocycles. The predicted molar refractivity (Wildman–Crippen MR) is 108 cm³/mol. The fourth-order valence-corrected chi connectivity index (χ4v) is 3.12. The fraction of sp³-hybridized carbons (Fsp3) is 0.250. The second-order valence-electron chi connectivity index (χ2n) is 6.06. The molecule has 1 N–H and O–H groups in total. The molecule has 0 aliphatic carbocycles. The molecule has 8 heteroatoms. The first-order valence-electron chi connectivity index (χ1n) is 8.60. The lowest BCUT2D eigenvalue weighted by atomic mass is 10.1. The largest absolute Gasteiger partial charge is 0.493 e.